The topological polar surface area (TPSA) is 72.5 Å². The molecule has 0 aliphatic heterocycles. The normalized spacial score (nSPS) is 11.3. The van der Waals surface area contributed by atoms with Gasteiger partial charge in [0.1, 0.15) is 11.6 Å². The van der Waals surface area contributed by atoms with Gasteiger partial charge in [-0.15, -0.1) is 0 Å². The summed E-state index contributed by atoms with van der Waals surface area (Å²) in [5.74, 6) is 1.10. The summed E-state index contributed by atoms with van der Waals surface area (Å²) in [6, 6.07) is 9.38. The molecule has 0 atom stereocenters. The molecule has 22 heavy (non-hydrogen) atoms. The van der Waals surface area contributed by atoms with E-state index in [1.807, 2.05) is 6.07 Å². The zero-order valence-electron chi connectivity index (χ0n) is 12.4. The van der Waals surface area contributed by atoms with Crippen molar-refractivity contribution in [2.75, 3.05) is 6.54 Å². The Kier molecular flexibility index (Phi) is 5.71. The number of hydrogen-bond donors (Lipinski definition) is 2. The Morgan fingerprint density at radius 1 is 1.27 bits per heavy atom. The second-order valence-electron chi connectivity index (χ2n) is 4.69. The molecule has 1 aromatic heterocycles. The lowest BCUT2D eigenvalue weighted by atomic mass is 10.3. The average molecular weight is 302 g/mol. The number of hydrogen-bond acceptors (Lipinski definition) is 3. The van der Waals surface area contributed by atoms with Crippen molar-refractivity contribution in [2.24, 2.45) is 10.7 Å². The number of guanidine groups is 1. The SMILES string of the molecule is CCCNC(N)=NCc1ccc(Oc2ccc(F)cc2)nc1. The number of nitrogens with two attached hydrogens (primary N) is 1. The van der Waals surface area contributed by atoms with Crippen LogP contribution in [0.5, 0.6) is 11.6 Å². The van der Waals surface area contributed by atoms with Crippen molar-refractivity contribution in [3.05, 3.63) is 54.0 Å². The van der Waals surface area contributed by atoms with Crippen LogP contribution in [0.15, 0.2) is 47.6 Å². The van der Waals surface area contributed by atoms with E-state index >= 15 is 0 Å². The monoisotopic (exact) mass is 302 g/mol. The molecule has 2 rings (SSSR count). The second-order valence-corrected chi connectivity index (χ2v) is 4.69. The molecule has 0 saturated heterocycles. The fraction of sp³-hybridized carbons (Fsp3) is 0.250. The minimum atomic E-state index is -0.303. The molecule has 0 unspecified atom stereocenters. The lowest BCUT2D eigenvalue weighted by molar-refractivity contribution is 0.461. The molecule has 0 amide bonds. The minimum absolute atomic E-state index is 0.303. The fourth-order valence-corrected chi connectivity index (χ4v) is 1.67. The van der Waals surface area contributed by atoms with E-state index in [-0.39, 0.29) is 5.82 Å². The number of benzene rings is 1. The Morgan fingerprint density at radius 3 is 2.68 bits per heavy atom. The van der Waals surface area contributed by atoms with Gasteiger partial charge in [-0.2, -0.15) is 0 Å². The first-order chi connectivity index (χ1) is 10.7. The zero-order valence-corrected chi connectivity index (χ0v) is 12.4. The number of pyridine rings is 1. The van der Waals surface area contributed by atoms with E-state index in [4.69, 9.17) is 10.5 Å². The van der Waals surface area contributed by atoms with Crippen LogP contribution in [0, 0.1) is 5.82 Å². The van der Waals surface area contributed by atoms with Gasteiger partial charge in [-0.3, -0.25) is 0 Å². The van der Waals surface area contributed by atoms with Crippen molar-refractivity contribution in [1.29, 1.82) is 0 Å². The van der Waals surface area contributed by atoms with Gasteiger partial charge in [0.2, 0.25) is 5.88 Å². The maximum absolute atomic E-state index is 12.8. The van der Waals surface area contributed by atoms with Gasteiger partial charge in [0, 0.05) is 18.8 Å². The van der Waals surface area contributed by atoms with Crippen LogP contribution in [0.25, 0.3) is 0 Å². The van der Waals surface area contributed by atoms with Crippen LogP contribution in [0.2, 0.25) is 0 Å². The third kappa shape index (κ3) is 5.05. The predicted molar refractivity (Wildman–Crippen MR) is 84.3 cm³/mol. The number of rotatable bonds is 6. The average Bonchev–Trinajstić information content (AvgIpc) is 2.54. The fourth-order valence-electron chi connectivity index (χ4n) is 1.67. The highest BCUT2D eigenvalue weighted by atomic mass is 19.1. The first-order valence-corrected chi connectivity index (χ1v) is 7.09. The molecule has 0 saturated carbocycles. The van der Waals surface area contributed by atoms with Crippen LogP contribution >= 0.6 is 0 Å². The quantitative estimate of drug-likeness (QED) is 0.636. The largest absolute Gasteiger partial charge is 0.439 e. The smallest absolute Gasteiger partial charge is 0.219 e. The molecule has 5 nitrogen and oxygen atoms in total. The molecule has 0 aliphatic rings. The number of aliphatic imine (C=N–C) groups is 1. The first kappa shape index (κ1) is 15.8. The number of nitrogens with zero attached hydrogens (tertiary/aromatic N) is 2. The maximum Gasteiger partial charge on any atom is 0.219 e. The molecule has 0 fully saturated rings. The third-order valence-electron chi connectivity index (χ3n) is 2.82. The van der Waals surface area contributed by atoms with E-state index in [9.17, 15) is 4.39 Å². The summed E-state index contributed by atoms with van der Waals surface area (Å²) in [4.78, 5) is 8.41. The van der Waals surface area contributed by atoms with Gasteiger partial charge < -0.3 is 15.8 Å². The Balaban J connectivity index is 1.91. The summed E-state index contributed by atoms with van der Waals surface area (Å²) in [5, 5.41) is 3.00. The molecule has 1 heterocycles. The molecular formula is C16H19FN4O. The van der Waals surface area contributed by atoms with E-state index in [1.165, 1.54) is 12.1 Å². The van der Waals surface area contributed by atoms with Crippen molar-refractivity contribution in [3.63, 3.8) is 0 Å². The summed E-state index contributed by atoms with van der Waals surface area (Å²) in [7, 11) is 0. The lowest BCUT2D eigenvalue weighted by Crippen LogP contribution is -2.32. The highest BCUT2D eigenvalue weighted by Gasteiger charge is 2.00. The molecular weight excluding hydrogens is 283 g/mol. The van der Waals surface area contributed by atoms with Crippen LogP contribution in [-0.2, 0) is 6.54 Å². The predicted octanol–water partition coefficient (Wildman–Crippen LogP) is 2.83. The van der Waals surface area contributed by atoms with Crippen LogP contribution in [0.4, 0.5) is 4.39 Å². The molecule has 0 radical (unpaired) electrons. The van der Waals surface area contributed by atoms with Crippen molar-refractivity contribution < 1.29 is 9.13 Å². The van der Waals surface area contributed by atoms with Gasteiger partial charge in [0.05, 0.1) is 6.54 Å². The van der Waals surface area contributed by atoms with Crippen molar-refractivity contribution in [1.82, 2.24) is 10.3 Å². The molecule has 2 aromatic rings. The van der Waals surface area contributed by atoms with Crippen LogP contribution in [0.1, 0.15) is 18.9 Å². The van der Waals surface area contributed by atoms with Crippen molar-refractivity contribution in [3.8, 4) is 11.6 Å². The molecule has 6 heteroatoms. The van der Waals surface area contributed by atoms with E-state index < -0.39 is 0 Å². The molecule has 0 aliphatic carbocycles. The third-order valence-corrected chi connectivity index (χ3v) is 2.82. The highest BCUT2D eigenvalue weighted by molar-refractivity contribution is 5.77. The van der Waals surface area contributed by atoms with E-state index in [2.05, 4.69) is 22.2 Å². The van der Waals surface area contributed by atoms with Crippen LogP contribution in [0.3, 0.4) is 0 Å². The first-order valence-electron chi connectivity index (χ1n) is 7.09. The highest BCUT2D eigenvalue weighted by Crippen LogP contribution is 2.19. The Morgan fingerprint density at radius 2 is 2.05 bits per heavy atom. The van der Waals surface area contributed by atoms with E-state index in [0.717, 1.165) is 18.5 Å². The van der Waals surface area contributed by atoms with E-state index in [0.29, 0.717) is 24.1 Å². The van der Waals surface area contributed by atoms with Gasteiger partial charge >= 0.3 is 0 Å². The second kappa shape index (κ2) is 7.97. The van der Waals surface area contributed by atoms with Gasteiger partial charge in [-0.25, -0.2) is 14.4 Å². The standard InChI is InChI=1S/C16H19FN4O/c1-2-9-19-16(18)21-11-12-3-8-15(20-10-12)22-14-6-4-13(17)5-7-14/h3-8,10H,2,9,11H2,1H3,(H3,18,19,21). The van der Waals surface area contributed by atoms with Gasteiger partial charge in [0.25, 0.3) is 0 Å². The molecule has 1 aromatic carbocycles. The van der Waals surface area contributed by atoms with Crippen LogP contribution in [-0.4, -0.2) is 17.5 Å². The Hall–Kier alpha value is -2.63. The van der Waals surface area contributed by atoms with Crippen molar-refractivity contribution >= 4 is 5.96 Å². The number of ether oxygens (including phenoxy) is 1. The summed E-state index contributed by atoms with van der Waals surface area (Å²) < 4.78 is 18.3. The van der Waals surface area contributed by atoms with Gasteiger partial charge in [-0.1, -0.05) is 13.0 Å². The van der Waals surface area contributed by atoms with E-state index in [1.54, 1.807) is 24.4 Å². The lowest BCUT2D eigenvalue weighted by Gasteiger charge is -2.06. The number of aromatic nitrogens is 1. The minimum Gasteiger partial charge on any atom is -0.439 e. The van der Waals surface area contributed by atoms with Crippen LogP contribution < -0.4 is 15.8 Å². The Labute approximate surface area is 129 Å². The summed E-state index contributed by atoms with van der Waals surface area (Å²) >= 11 is 0. The molecule has 0 bridgehead atoms. The summed E-state index contributed by atoms with van der Waals surface area (Å²) in [5.41, 5.74) is 6.64. The molecule has 116 valence electrons. The number of halogens is 1. The molecule has 3 N–H and O–H groups in total. The Bertz CT molecular complexity index is 611. The molecule has 0 spiro atoms. The zero-order chi connectivity index (χ0) is 15.8. The van der Waals surface area contributed by atoms with Crippen molar-refractivity contribution in [2.45, 2.75) is 19.9 Å². The van der Waals surface area contributed by atoms with Gasteiger partial charge in [-0.05, 0) is 36.2 Å². The summed E-state index contributed by atoms with van der Waals surface area (Å²) in [6.45, 7) is 3.31. The maximum atomic E-state index is 12.8. The van der Waals surface area contributed by atoms with Gasteiger partial charge in [0.15, 0.2) is 5.96 Å². The number of nitrogens with one attached hydrogen (secondary N) is 1. The summed E-state index contributed by atoms with van der Waals surface area (Å²) in [6.07, 6.45) is 2.67.